The maximum absolute atomic E-state index is 13.1. The lowest BCUT2D eigenvalue weighted by atomic mass is 9.98. The van der Waals surface area contributed by atoms with Crippen molar-refractivity contribution in [3.8, 4) is 5.69 Å². The molecule has 1 unspecified atom stereocenters. The first-order chi connectivity index (χ1) is 18.2. The molecule has 0 spiro atoms. The molecule has 1 atom stereocenters. The molecule has 3 aromatic rings. The first kappa shape index (κ1) is 29.2. The average molecular weight is 595 g/mol. The van der Waals surface area contributed by atoms with Crippen LogP contribution in [0.1, 0.15) is 28.4 Å². The van der Waals surface area contributed by atoms with Gasteiger partial charge in [-0.1, -0.05) is 24.3 Å². The fourth-order valence-corrected chi connectivity index (χ4v) is 4.49. The van der Waals surface area contributed by atoms with E-state index >= 15 is 0 Å². The van der Waals surface area contributed by atoms with Crippen molar-refractivity contribution >= 4 is 33.7 Å². The van der Waals surface area contributed by atoms with Crippen LogP contribution in [0.25, 0.3) is 5.69 Å². The SMILES string of the molecule is COCCN1CCC(c2ccc(F)c(F)c2)C1.CONC(=O)c1nn(-c2ccccc2)c(NC(N)=O)c1Br. The largest absolute Gasteiger partial charge is 0.383 e. The number of rotatable bonds is 8. The molecule has 4 N–H and O–H groups in total. The summed E-state index contributed by atoms with van der Waals surface area (Å²) in [6.45, 7) is 3.50. The molecule has 204 valence electrons. The molecule has 1 fully saturated rings. The number of carbonyl (C=O) groups is 2. The van der Waals surface area contributed by atoms with E-state index in [4.69, 9.17) is 10.5 Å². The lowest BCUT2D eigenvalue weighted by Gasteiger charge is -2.15. The van der Waals surface area contributed by atoms with E-state index in [2.05, 4.69) is 41.6 Å². The highest BCUT2D eigenvalue weighted by Crippen LogP contribution is 2.29. The van der Waals surface area contributed by atoms with Crippen molar-refractivity contribution in [2.24, 2.45) is 5.73 Å². The quantitative estimate of drug-likeness (QED) is 0.341. The summed E-state index contributed by atoms with van der Waals surface area (Å²) in [5, 5.41) is 6.59. The van der Waals surface area contributed by atoms with Crippen molar-refractivity contribution < 1.29 is 27.9 Å². The molecule has 0 aliphatic carbocycles. The van der Waals surface area contributed by atoms with E-state index in [0.29, 0.717) is 22.7 Å². The Balaban J connectivity index is 0.000000215. The number of ether oxygens (including phenoxy) is 1. The van der Waals surface area contributed by atoms with Gasteiger partial charge in [0.15, 0.2) is 23.1 Å². The zero-order valence-corrected chi connectivity index (χ0v) is 22.5. The van der Waals surface area contributed by atoms with Gasteiger partial charge in [-0.15, -0.1) is 0 Å². The van der Waals surface area contributed by atoms with Crippen LogP contribution in [-0.2, 0) is 9.57 Å². The number of primary amides is 1. The molecule has 1 saturated heterocycles. The van der Waals surface area contributed by atoms with Crippen LogP contribution in [0.2, 0.25) is 0 Å². The summed E-state index contributed by atoms with van der Waals surface area (Å²) in [6, 6.07) is 12.4. The number of likely N-dealkylation sites (tertiary alicyclic amines) is 1. The molecule has 1 aliphatic rings. The molecule has 38 heavy (non-hydrogen) atoms. The van der Waals surface area contributed by atoms with Gasteiger partial charge in [-0.05, 0) is 64.6 Å². The number of aromatic nitrogens is 2. The van der Waals surface area contributed by atoms with E-state index < -0.39 is 23.6 Å². The van der Waals surface area contributed by atoms with E-state index in [1.807, 2.05) is 6.07 Å². The number of anilines is 1. The van der Waals surface area contributed by atoms with Crippen LogP contribution in [0.3, 0.4) is 0 Å². The molecule has 0 radical (unpaired) electrons. The highest BCUT2D eigenvalue weighted by molar-refractivity contribution is 9.10. The number of carbonyl (C=O) groups excluding carboxylic acids is 2. The molecular formula is C25H29BrF2N6O4. The number of nitrogens with one attached hydrogen (secondary N) is 2. The number of nitrogens with zero attached hydrogens (tertiary/aromatic N) is 3. The van der Waals surface area contributed by atoms with Crippen LogP contribution in [0, 0.1) is 11.6 Å². The van der Waals surface area contributed by atoms with E-state index in [-0.39, 0.29) is 11.5 Å². The van der Waals surface area contributed by atoms with Crippen LogP contribution in [0.15, 0.2) is 53.0 Å². The Morgan fingerprint density at radius 3 is 2.53 bits per heavy atom. The number of benzene rings is 2. The van der Waals surface area contributed by atoms with Gasteiger partial charge in [0.25, 0.3) is 5.91 Å². The topological polar surface area (TPSA) is 124 Å². The molecule has 2 heterocycles. The number of hydrogen-bond donors (Lipinski definition) is 3. The summed E-state index contributed by atoms with van der Waals surface area (Å²) in [4.78, 5) is 29.8. The minimum absolute atomic E-state index is 0.0458. The summed E-state index contributed by atoms with van der Waals surface area (Å²) in [5.41, 5.74) is 8.90. The Labute approximate surface area is 227 Å². The third-order valence-electron chi connectivity index (χ3n) is 5.78. The van der Waals surface area contributed by atoms with Gasteiger partial charge in [0, 0.05) is 20.2 Å². The zero-order chi connectivity index (χ0) is 27.7. The predicted molar refractivity (Wildman–Crippen MR) is 141 cm³/mol. The maximum Gasteiger partial charge on any atom is 0.317 e. The molecule has 13 heteroatoms. The summed E-state index contributed by atoms with van der Waals surface area (Å²) >= 11 is 3.23. The third-order valence-corrected chi connectivity index (χ3v) is 6.53. The second-order valence-corrected chi connectivity index (χ2v) is 9.13. The summed E-state index contributed by atoms with van der Waals surface area (Å²) in [5.74, 6) is -1.54. The fraction of sp³-hybridized carbons (Fsp3) is 0.320. The first-order valence-corrected chi connectivity index (χ1v) is 12.4. The predicted octanol–water partition coefficient (Wildman–Crippen LogP) is 3.82. The Hall–Kier alpha value is -3.39. The first-order valence-electron chi connectivity index (χ1n) is 11.6. The number of urea groups is 1. The van der Waals surface area contributed by atoms with Gasteiger partial charge in [0.2, 0.25) is 0 Å². The van der Waals surface area contributed by atoms with Gasteiger partial charge in [-0.25, -0.2) is 23.7 Å². The van der Waals surface area contributed by atoms with Gasteiger partial charge in [-0.3, -0.25) is 14.9 Å². The monoisotopic (exact) mass is 594 g/mol. The molecular weight excluding hydrogens is 566 g/mol. The van der Waals surface area contributed by atoms with Crippen molar-refractivity contribution in [3.63, 3.8) is 0 Å². The van der Waals surface area contributed by atoms with Crippen LogP contribution in [0.5, 0.6) is 0 Å². The molecule has 0 bridgehead atoms. The van der Waals surface area contributed by atoms with Crippen molar-refractivity contribution in [2.75, 3.05) is 45.8 Å². The Kier molecular flexibility index (Phi) is 10.7. The smallest absolute Gasteiger partial charge is 0.317 e. The van der Waals surface area contributed by atoms with E-state index in [1.165, 1.54) is 23.9 Å². The molecule has 3 amide bonds. The number of nitrogens with two attached hydrogens (primary N) is 1. The molecule has 0 saturated carbocycles. The van der Waals surface area contributed by atoms with E-state index in [9.17, 15) is 18.4 Å². The maximum atomic E-state index is 13.1. The van der Waals surface area contributed by atoms with Gasteiger partial charge < -0.3 is 15.4 Å². The number of hydrogen-bond acceptors (Lipinski definition) is 6. The van der Waals surface area contributed by atoms with Crippen LogP contribution >= 0.6 is 15.9 Å². The number of halogens is 3. The normalized spacial score (nSPS) is 15.0. The van der Waals surface area contributed by atoms with Crippen LogP contribution in [-0.4, -0.2) is 67.1 Å². The average Bonchev–Trinajstić information content (AvgIpc) is 3.50. The van der Waals surface area contributed by atoms with Crippen LogP contribution < -0.4 is 16.5 Å². The third kappa shape index (κ3) is 7.57. The van der Waals surface area contributed by atoms with Crippen LogP contribution in [0.4, 0.5) is 19.4 Å². The minimum atomic E-state index is -0.775. The molecule has 1 aromatic heterocycles. The summed E-state index contributed by atoms with van der Waals surface area (Å²) < 4.78 is 32.7. The fourth-order valence-electron chi connectivity index (χ4n) is 3.96. The summed E-state index contributed by atoms with van der Waals surface area (Å²) in [7, 11) is 2.99. The van der Waals surface area contributed by atoms with Crippen molar-refractivity contribution in [2.45, 2.75) is 12.3 Å². The second kappa shape index (κ2) is 14.0. The second-order valence-electron chi connectivity index (χ2n) is 8.34. The van der Waals surface area contributed by atoms with E-state index in [0.717, 1.165) is 31.6 Å². The highest BCUT2D eigenvalue weighted by Gasteiger charge is 2.24. The Morgan fingerprint density at radius 2 is 1.89 bits per heavy atom. The number of para-hydroxylation sites is 1. The number of amides is 3. The lowest BCUT2D eigenvalue weighted by Crippen LogP contribution is -2.24. The summed E-state index contributed by atoms with van der Waals surface area (Å²) in [6.07, 6.45) is 0.995. The molecule has 10 nitrogen and oxygen atoms in total. The number of hydroxylamine groups is 1. The van der Waals surface area contributed by atoms with E-state index in [1.54, 1.807) is 37.4 Å². The molecule has 4 rings (SSSR count). The van der Waals surface area contributed by atoms with Gasteiger partial charge in [-0.2, -0.15) is 5.10 Å². The Bertz CT molecular complexity index is 1240. The highest BCUT2D eigenvalue weighted by atomic mass is 79.9. The van der Waals surface area contributed by atoms with Gasteiger partial charge in [0.1, 0.15) is 0 Å². The van der Waals surface area contributed by atoms with Crippen molar-refractivity contribution in [3.05, 3.63) is 75.9 Å². The molecule has 1 aliphatic heterocycles. The molecule has 2 aromatic carbocycles. The lowest BCUT2D eigenvalue weighted by molar-refractivity contribution is 0.0531. The zero-order valence-electron chi connectivity index (χ0n) is 20.9. The standard InChI is InChI=1S/C13H17F2NO.C12H12BrN5O3/c1-17-7-6-16-5-4-11(9-16)10-2-3-12(14)13(15)8-10;1-21-17-11(19)9-8(13)10(15-12(14)20)18(16-9)7-5-3-2-4-6-7/h2-3,8,11H,4-7,9H2,1H3;2-6H,1H3,(H,17,19)(H3,14,15,20). The number of methoxy groups -OCH3 is 1. The van der Waals surface area contributed by atoms with Crippen molar-refractivity contribution in [1.82, 2.24) is 20.2 Å². The van der Waals surface area contributed by atoms with Gasteiger partial charge >= 0.3 is 6.03 Å². The van der Waals surface area contributed by atoms with Crippen molar-refractivity contribution in [1.29, 1.82) is 0 Å². The van der Waals surface area contributed by atoms with Gasteiger partial charge in [0.05, 0.1) is 23.9 Å². The minimum Gasteiger partial charge on any atom is -0.383 e. The Morgan fingerprint density at radius 1 is 1.16 bits per heavy atom.